The highest BCUT2D eigenvalue weighted by atomic mass is 28.3. The molecule has 0 fully saturated rings. The predicted molar refractivity (Wildman–Crippen MR) is 45.2 cm³/mol. The zero-order valence-electron chi connectivity index (χ0n) is 5.93. The van der Waals surface area contributed by atoms with Gasteiger partial charge in [0.1, 0.15) is 8.80 Å². The molecule has 0 aliphatic heterocycles. The molecule has 0 nitrogen and oxygen atoms in total. The first kappa shape index (κ1) is 5.14. The van der Waals surface area contributed by atoms with E-state index in [-0.39, 0.29) is 0 Å². The number of hydrogen-bond donors (Lipinski definition) is 0. The van der Waals surface area contributed by atoms with Gasteiger partial charge in [-0.2, -0.15) is 0 Å². The number of allylic oxidation sites excluding steroid dienone is 6. The second-order valence-corrected chi connectivity index (χ2v) is 6.47. The second-order valence-electron chi connectivity index (χ2n) is 3.38. The lowest BCUT2D eigenvalue weighted by Gasteiger charge is -2.01. The van der Waals surface area contributed by atoms with Crippen LogP contribution >= 0.6 is 0 Å². The summed E-state index contributed by atoms with van der Waals surface area (Å²) in [6, 6.07) is 0. The van der Waals surface area contributed by atoms with Gasteiger partial charge in [-0.3, -0.25) is 0 Å². The Labute approximate surface area is 62.6 Å². The van der Waals surface area contributed by atoms with E-state index >= 15 is 0 Å². The summed E-state index contributed by atoms with van der Waals surface area (Å²) in [5, 5.41) is 5.48. The van der Waals surface area contributed by atoms with Gasteiger partial charge in [-0.05, 0) is 19.3 Å². The van der Waals surface area contributed by atoms with Gasteiger partial charge in [-0.25, -0.2) is 0 Å². The van der Waals surface area contributed by atoms with E-state index in [1.165, 1.54) is 19.3 Å². The van der Waals surface area contributed by atoms with Gasteiger partial charge in [0, 0.05) is 0 Å². The van der Waals surface area contributed by atoms with Crippen LogP contribution in [0.4, 0.5) is 0 Å². The molecule has 0 N–H and O–H groups in total. The molecule has 0 radical (unpaired) electrons. The van der Waals surface area contributed by atoms with Crippen LogP contribution in [-0.4, -0.2) is 8.80 Å². The van der Waals surface area contributed by atoms with Crippen LogP contribution in [0.5, 0.6) is 0 Å². The van der Waals surface area contributed by atoms with Crippen molar-refractivity contribution in [2.45, 2.75) is 19.3 Å². The van der Waals surface area contributed by atoms with Crippen molar-refractivity contribution < 1.29 is 0 Å². The molecule has 0 saturated carbocycles. The molecular formula is C9H10Si. The van der Waals surface area contributed by atoms with E-state index in [1.807, 2.05) is 15.6 Å². The summed E-state index contributed by atoms with van der Waals surface area (Å²) in [5.41, 5.74) is 0. The Morgan fingerprint density at radius 3 is 1.30 bits per heavy atom. The number of hydrogen-bond acceptors (Lipinski definition) is 0. The lowest BCUT2D eigenvalue weighted by molar-refractivity contribution is 1.57. The zero-order valence-corrected chi connectivity index (χ0v) is 7.09. The van der Waals surface area contributed by atoms with E-state index in [0.29, 0.717) is 0 Å². The molecule has 0 heterocycles. The third-order valence-electron chi connectivity index (χ3n) is 2.43. The minimum absolute atomic E-state index is 0.537. The summed E-state index contributed by atoms with van der Waals surface area (Å²) in [5.74, 6) is 0. The molecule has 0 saturated heterocycles. The predicted octanol–water partition coefficient (Wildman–Crippen LogP) is 1.82. The highest BCUT2D eigenvalue weighted by Crippen LogP contribution is 2.41. The van der Waals surface area contributed by atoms with Crippen molar-refractivity contribution in [1.82, 2.24) is 0 Å². The molecule has 0 spiro atoms. The molecule has 0 unspecified atom stereocenters. The van der Waals surface area contributed by atoms with Crippen LogP contribution in [0.1, 0.15) is 19.3 Å². The fourth-order valence-corrected chi connectivity index (χ4v) is 4.79. The summed E-state index contributed by atoms with van der Waals surface area (Å²) in [6.45, 7) is 0. The van der Waals surface area contributed by atoms with E-state index in [1.54, 1.807) is 0 Å². The first-order valence-electron chi connectivity index (χ1n) is 4.02. The topological polar surface area (TPSA) is 0 Å². The third-order valence-corrected chi connectivity index (χ3v) is 6.07. The molecule has 0 aromatic heterocycles. The van der Waals surface area contributed by atoms with Crippen molar-refractivity contribution in [3.05, 3.63) is 33.8 Å². The largest absolute Gasteiger partial charge is 0.119 e. The maximum atomic E-state index is 2.43. The van der Waals surface area contributed by atoms with Crippen molar-refractivity contribution in [2.24, 2.45) is 0 Å². The van der Waals surface area contributed by atoms with Gasteiger partial charge in [0.15, 0.2) is 0 Å². The Morgan fingerprint density at radius 1 is 0.800 bits per heavy atom. The lowest BCUT2D eigenvalue weighted by atomic mass is 10.9. The monoisotopic (exact) mass is 146 g/mol. The van der Waals surface area contributed by atoms with Crippen LogP contribution in [0, 0.1) is 0 Å². The van der Waals surface area contributed by atoms with Crippen molar-refractivity contribution in [3.63, 3.8) is 0 Å². The van der Waals surface area contributed by atoms with Gasteiger partial charge >= 0.3 is 0 Å². The van der Waals surface area contributed by atoms with Crippen LogP contribution in [0.2, 0.25) is 0 Å². The fourth-order valence-electron chi connectivity index (χ4n) is 1.60. The van der Waals surface area contributed by atoms with E-state index in [0.717, 1.165) is 0 Å². The minimum Gasteiger partial charge on any atom is -0.0848 e. The van der Waals surface area contributed by atoms with Crippen LogP contribution in [0.25, 0.3) is 0 Å². The smallest absolute Gasteiger partial charge is 0.0848 e. The molecule has 0 bridgehead atoms. The van der Waals surface area contributed by atoms with Gasteiger partial charge in [0.05, 0.1) is 0 Å². The van der Waals surface area contributed by atoms with Crippen molar-refractivity contribution in [1.29, 1.82) is 0 Å². The van der Waals surface area contributed by atoms with Gasteiger partial charge in [-0.15, -0.1) is 0 Å². The van der Waals surface area contributed by atoms with E-state index in [2.05, 4.69) is 18.2 Å². The molecule has 0 aromatic carbocycles. The average molecular weight is 146 g/mol. The Bertz CT molecular complexity index is 234. The summed E-state index contributed by atoms with van der Waals surface area (Å²) < 4.78 is 0. The molecule has 0 atom stereocenters. The molecule has 50 valence electrons. The second kappa shape index (κ2) is 1.53. The van der Waals surface area contributed by atoms with Gasteiger partial charge < -0.3 is 0 Å². The van der Waals surface area contributed by atoms with Gasteiger partial charge in [0.25, 0.3) is 0 Å². The molecule has 1 heteroatoms. The Hall–Kier alpha value is -0.563. The standard InChI is InChI=1S/C9H10Si/c1-2-7(1)10(8-3-4-8)9-5-6-9/h1,3,5,10H,2,4,6H2. The van der Waals surface area contributed by atoms with Crippen LogP contribution < -0.4 is 0 Å². The lowest BCUT2D eigenvalue weighted by Crippen LogP contribution is -2.09. The molecule has 0 amide bonds. The highest BCUT2D eigenvalue weighted by Gasteiger charge is 2.35. The zero-order chi connectivity index (χ0) is 6.55. The molecule has 3 aliphatic carbocycles. The third kappa shape index (κ3) is 0.738. The quantitative estimate of drug-likeness (QED) is 0.533. The van der Waals surface area contributed by atoms with Crippen LogP contribution in [0.15, 0.2) is 33.8 Å². The maximum Gasteiger partial charge on any atom is 0.119 e. The first-order chi connectivity index (χ1) is 4.95. The van der Waals surface area contributed by atoms with Crippen molar-refractivity contribution in [2.75, 3.05) is 0 Å². The Kier molecular flexibility index (Phi) is 0.788. The van der Waals surface area contributed by atoms with E-state index in [9.17, 15) is 0 Å². The fraction of sp³-hybridized carbons (Fsp3) is 0.333. The van der Waals surface area contributed by atoms with E-state index < -0.39 is 8.80 Å². The Morgan fingerprint density at radius 2 is 1.10 bits per heavy atom. The molecule has 3 aliphatic rings. The minimum atomic E-state index is -0.537. The molecule has 0 aromatic rings. The summed E-state index contributed by atoms with van der Waals surface area (Å²) >= 11 is 0. The maximum absolute atomic E-state index is 2.43. The van der Waals surface area contributed by atoms with Gasteiger partial charge in [-0.1, -0.05) is 33.8 Å². The van der Waals surface area contributed by atoms with Crippen LogP contribution in [-0.2, 0) is 0 Å². The summed E-state index contributed by atoms with van der Waals surface area (Å²) in [4.78, 5) is 0. The highest BCUT2D eigenvalue weighted by molar-refractivity contribution is 6.83. The van der Waals surface area contributed by atoms with E-state index in [4.69, 9.17) is 0 Å². The van der Waals surface area contributed by atoms with Crippen molar-refractivity contribution in [3.8, 4) is 0 Å². The Balaban J connectivity index is 1.88. The first-order valence-corrected chi connectivity index (χ1v) is 5.75. The van der Waals surface area contributed by atoms with Crippen LogP contribution in [0.3, 0.4) is 0 Å². The normalized spacial score (nSPS) is 25.5. The molecule has 3 rings (SSSR count). The SMILES string of the molecule is C1=C([SiH](C2=CC2)C2=CC2)C1. The van der Waals surface area contributed by atoms with Crippen molar-refractivity contribution >= 4 is 8.80 Å². The summed E-state index contributed by atoms with van der Waals surface area (Å²) in [7, 11) is -0.537. The summed E-state index contributed by atoms with van der Waals surface area (Å²) in [6.07, 6.45) is 11.3. The molecular weight excluding hydrogens is 136 g/mol. The average Bonchev–Trinajstić information content (AvgIpc) is 2.78. The number of rotatable bonds is 3. The molecule has 10 heavy (non-hydrogen) atoms. The van der Waals surface area contributed by atoms with Gasteiger partial charge in [0.2, 0.25) is 0 Å².